The molecule has 0 spiro atoms. The highest BCUT2D eigenvalue weighted by atomic mass is 32.1. The predicted molar refractivity (Wildman–Crippen MR) is 95.7 cm³/mol. The number of thiocarbonyl (C=S) groups is 1. The van der Waals surface area contributed by atoms with Gasteiger partial charge < -0.3 is 10.4 Å². The zero-order valence-electron chi connectivity index (χ0n) is 12.1. The molecule has 0 saturated carbocycles. The molecule has 0 radical (unpaired) electrons. The third kappa shape index (κ3) is 3.46. The van der Waals surface area contributed by atoms with E-state index in [-0.39, 0.29) is 16.8 Å². The number of carbonyl (C=O) groups is 1. The van der Waals surface area contributed by atoms with Crippen molar-refractivity contribution in [3.63, 3.8) is 0 Å². The Labute approximate surface area is 138 Å². The number of phenols is 1. The van der Waals surface area contributed by atoms with Crippen LogP contribution in [0.5, 0.6) is 5.75 Å². The maximum Gasteiger partial charge on any atom is 0.257 e. The highest BCUT2D eigenvalue weighted by molar-refractivity contribution is 7.80. The van der Waals surface area contributed by atoms with E-state index < -0.39 is 0 Å². The Kier molecular flexibility index (Phi) is 4.21. The fraction of sp³-hybridized carbons (Fsp3) is 0. The molecule has 3 aromatic rings. The molecule has 0 unspecified atom stereocenters. The summed E-state index contributed by atoms with van der Waals surface area (Å²) in [7, 11) is 0. The third-order valence-electron chi connectivity index (χ3n) is 3.38. The SMILES string of the molecule is O=C(NC(=S)Nc1cccc2cc(O)ccc12)c1ccccc1. The van der Waals surface area contributed by atoms with E-state index in [9.17, 15) is 9.90 Å². The highest BCUT2D eigenvalue weighted by Gasteiger charge is 2.08. The molecule has 0 aliphatic carbocycles. The van der Waals surface area contributed by atoms with Gasteiger partial charge in [-0.1, -0.05) is 30.3 Å². The molecule has 23 heavy (non-hydrogen) atoms. The van der Waals surface area contributed by atoms with Gasteiger partial charge in [0.1, 0.15) is 5.75 Å². The molecule has 0 heterocycles. The molecule has 3 N–H and O–H groups in total. The van der Waals surface area contributed by atoms with Crippen LogP contribution in [0.4, 0.5) is 5.69 Å². The van der Waals surface area contributed by atoms with E-state index in [0.29, 0.717) is 5.56 Å². The smallest absolute Gasteiger partial charge is 0.257 e. The number of nitrogens with one attached hydrogen (secondary N) is 2. The van der Waals surface area contributed by atoms with Gasteiger partial charge in [-0.05, 0) is 54.0 Å². The summed E-state index contributed by atoms with van der Waals surface area (Å²) in [6.45, 7) is 0. The topological polar surface area (TPSA) is 61.4 Å². The number of hydrogen-bond acceptors (Lipinski definition) is 3. The number of fused-ring (bicyclic) bond motifs is 1. The molecular formula is C18H14N2O2S. The first kappa shape index (κ1) is 15.0. The van der Waals surface area contributed by atoms with Crippen LogP contribution >= 0.6 is 12.2 Å². The summed E-state index contributed by atoms with van der Waals surface area (Å²) in [4.78, 5) is 12.1. The van der Waals surface area contributed by atoms with Gasteiger partial charge in [0.05, 0.1) is 0 Å². The average Bonchev–Trinajstić information content (AvgIpc) is 2.55. The summed E-state index contributed by atoms with van der Waals surface area (Å²) in [5.41, 5.74) is 1.31. The molecule has 4 nitrogen and oxygen atoms in total. The van der Waals surface area contributed by atoms with Gasteiger partial charge in [0.15, 0.2) is 5.11 Å². The molecule has 3 aromatic carbocycles. The number of aromatic hydroxyl groups is 1. The first-order valence-electron chi connectivity index (χ1n) is 7.02. The molecule has 1 amide bonds. The van der Waals surface area contributed by atoms with Crippen LogP contribution in [0, 0.1) is 0 Å². The fourth-order valence-electron chi connectivity index (χ4n) is 2.30. The molecule has 0 bridgehead atoms. The lowest BCUT2D eigenvalue weighted by Gasteiger charge is -2.12. The van der Waals surface area contributed by atoms with Crippen molar-refractivity contribution in [1.29, 1.82) is 0 Å². The Morgan fingerprint density at radius 2 is 1.74 bits per heavy atom. The van der Waals surface area contributed by atoms with Crippen LogP contribution in [-0.4, -0.2) is 16.1 Å². The molecule has 0 aromatic heterocycles. The van der Waals surface area contributed by atoms with Gasteiger partial charge in [-0.25, -0.2) is 0 Å². The number of amides is 1. The summed E-state index contributed by atoms with van der Waals surface area (Å²) >= 11 is 5.21. The maximum absolute atomic E-state index is 12.1. The van der Waals surface area contributed by atoms with Gasteiger partial charge in [0.2, 0.25) is 0 Å². The van der Waals surface area contributed by atoms with Crippen molar-refractivity contribution in [3.8, 4) is 5.75 Å². The third-order valence-corrected chi connectivity index (χ3v) is 3.58. The molecule has 3 rings (SSSR count). The number of rotatable bonds is 2. The first-order chi connectivity index (χ1) is 11.1. The second-order valence-corrected chi connectivity index (χ2v) is 5.39. The molecule has 0 aliphatic rings. The minimum atomic E-state index is -0.263. The van der Waals surface area contributed by atoms with Crippen molar-refractivity contribution in [1.82, 2.24) is 5.32 Å². The maximum atomic E-state index is 12.1. The molecule has 0 aliphatic heterocycles. The Morgan fingerprint density at radius 3 is 2.52 bits per heavy atom. The summed E-state index contributed by atoms with van der Waals surface area (Å²) < 4.78 is 0. The van der Waals surface area contributed by atoms with E-state index in [2.05, 4.69) is 10.6 Å². The van der Waals surface area contributed by atoms with Crippen LogP contribution in [0.2, 0.25) is 0 Å². The van der Waals surface area contributed by atoms with Crippen molar-refractivity contribution in [2.24, 2.45) is 0 Å². The Bertz CT molecular complexity index is 879. The second kappa shape index (κ2) is 6.46. The van der Waals surface area contributed by atoms with Gasteiger partial charge in [-0.15, -0.1) is 0 Å². The standard InChI is InChI=1S/C18H14N2O2S/c21-14-9-10-15-13(11-14)7-4-8-16(15)19-18(23)20-17(22)12-5-2-1-3-6-12/h1-11,21H,(H2,19,20,22,23). The summed E-state index contributed by atoms with van der Waals surface area (Å²) in [6.07, 6.45) is 0. The number of benzene rings is 3. The van der Waals surface area contributed by atoms with Gasteiger partial charge in [-0.2, -0.15) is 0 Å². The van der Waals surface area contributed by atoms with Crippen LogP contribution in [0.1, 0.15) is 10.4 Å². The van der Waals surface area contributed by atoms with Crippen molar-refractivity contribution in [2.45, 2.75) is 0 Å². The molecule has 114 valence electrons. The minimum Gasteiger partial charge on any atom is -0.508 e. The molecular weight excluding hydrogens is 308 g/mol. The minimum absolute atomic E-state index is 0.203. The first-order valence-corrected chi connectivity index (χ1v) is 7.43. The zero-order valence-corrected chi connectivity index (χ0v) is 12.9. The van der Waals surface area contributed by atoms with Gasteiger partial charge in [0, 0.05) is 16.6 Å². The van der Waals surface area contributed by atoms with E-state index in [1.54, 1.807) is 42.5 Å². The quantitative estimate of drug-likeness (QED) is 0.630. The van der Waals surface area contributed by atoms with Gasteiger partial charge in [-0.3, -0.25) is 10.1 Å². The molecule has 0 saturated heterocycles. The lowest BCUT2D eigenvalue weighted by atomic mass is 10.1. The van der Waals surface area contributed by atoms with Crippen molar-refractivity contribution < 1.29 is 9.90 Å². The van der Waals surface area contributed by atoms with Crippen LogP contribution in [0.25, 0.3) is 10.8 Å². The van der Waals surface area contributed by atoms with Crippen molar-refractivity contribution >= 4 is 39.7 Å². The number of phenolic OH excluding ortho intramolecular Hbond substituents is 1. The number of anilines is 1. The lowest BCUT2D eigenvalue weighted by molar-refractivity contribution is 0.0977. The van der Waals surface area contributed by atoms with Crippen LogP contribution in [0.3, 0.4) is 0 Å². The van der Waals surface area contributed by atoms with Crippen molar-refractivity contribution in [2.75, 3.05) is 5.32 Å². The monoisotopic (exact) mass is 322 g/mol. The highest BCUT2D eigenvalue weighted by Crippen LogP contribution is 2.26. The second-order valence-electron chi connectivity index (χ2n) is 4.99. The van der Waals surface area contributed by atoms with Gasteiger partial charge in [0.25, 0.3) is 5.91 Å². The lowest BCUT2D eigenvalue weighted by Crippen LogP contribution is -2.34. The van der Waals surface area contributed by atoms with E-state index in [0.717, 1.165) is 16.5 Å². The van der Waals surface area contributed by atoms with Gasteiger partial charge >= 0.3 is 0 Å². The largest absolute Gasteiger partial charge is 0.508 e. The van der Waals surface area contributed by atoms with E-state index >= 15 is 0 Å². The Hall–Kier alpha value is -2.92. The van der Waals surface area contributed by atoms with Crippen LogP contribution in [0.15, 0.2) is 66.7 Å². The van der Waals surface area contributed by atoms with E-state index in [4.69, 9.17) is 12.2 Å². The Morgan fingerprint density at radius 1 is 0.957 bits per heavy atom. The van der Waals surface area contributed by atoms with Crippen LogP contribution in [-0.2, 0) is 0 Å². The van der Waals surface area contributed by atoms with E-state index in [1.165, 1.54) is 0 Å². The average molecular weight is 322 g/mol. The molecule has 0 fully saturated rings. The van der Waals surface area contributed by atoms with Crippen LogP contribution < -0.4 is 10.6 Å². The zero-order chi connectivity index (χ0) is 16.2. The normalized spacial score (nSPS) is 10.3. The fourth-order valence-corrected chi connectivity index (χ4v) is 2.50. The summed E-state index contributed by atoms with van der Waals surface area (Å²) in [5, 5.41) is 17.2. The summed E-state index contributed by atoms with van der Waals surface area (Å²) in [5.74, 6) is -0.0596. The Balaban J connectivity index is 1.77. The van der Waals surface area contributed by atoms with E-state index in [1.807, 2.05) is 24.3 Å². The summed E-state index contributed by atoms with van der Waals surface area (Å²) in [6, 6.07) is 19.6. The predicted octanol–water partition coefficient (Wildman–Crippen LogP) is 3.67. The number of hydrogen-bond donors (Lipinski definition) is 3. The molecule has 0 atom stereocenters. The van der Waals surface area contributed by atoms with Crippen molar-refractivity contribution in [3.05, 3.63) is 72.3 Å². The number of carbonyl (C=O) groups excluding carboxylic acids is 1. The molecule has 5 heteroatoms.